The van der Waals surface area contributed by atoms with Crippen molar-refractivity contribution in [3.63, 3.8) is 0 Å². The zero-order valence-electron chi connectivity index (χ0n) is 17.1. The summed E-state index contributed by atoms with van der Waals surface area (Å²) in [6, 6.07) is 5.93. The fourth-order valence-corrected chi connectivity index (χ4v) is 5.76. The fourth-order valence-electron chi connectivity index (χ4n) is 4.02. The van der Waals surface area contributed by atoms with E-state index < -0.39 is 22.1 Å². The smallest absolute Gasteiger partial charge is 0.338 e. The Morgan fingerprint density at radius 2 is 1.83 bits per heavy atom. The van der Waals surface area contributed by atoms with Gasteiger partial charge in [0.15, 0.2) is 6.10 Å². The molecule has 1 amide bonds. The maximum atomic E-state index is 13.0. The van der Waals surface area contributed by atoms with E-state index in [0.29, 0.717) is 6.54 Å². The molecular formula is C21H30N2O5S. The Labute approximate surface area is 172 Å². The van der Waals surface area contributed by atoms with Crippen LogP contribution in [0.5, 0.6) is 0 Å². The monoisotopic (exact) mass is 422 g/mol. The third-order valence-electron chi connectivity index (χ3n) is 5.77. The Morgan fingerprint density at radius 1 is 1.14 bits per heavy atom. The van der Waals surface area contributed by atoms with E-state index in [-0.39, 0.29) is 28.4 Å². The van der Waals surface area contributed by atoms with Crippen LogP contribution >= 0.6 is 0 Å². The van der Waals surface area contributed by atoms with E-state index in [9.17, 15) is 18.0 Å². The lowest BCUT2D eigenvalue weighted by Gasteiger charge is -2.32. The molecule has 1 heterocycles. The minimum atomic E-state index is -3.68. The van der Waals surface area contributed by atoms with E-state index in [4.69, 9.17) is 4.74 Å². The van der Waals surface area contributed by atoms with E-state index >= 15 is 0 Å². The molecule has 2 aliphatic rings. The summed E-state index contributed by atoms with van der Waals surface area (Å²) >= 11 is 0. The van der Waals surface area contributed by atoms with E-state index in [2.05, 4.69) is 5.32 Å². The topological polar surface area (TPSA) is 92.8 Å². The number of sulfonamides is 1. The summed E-state index contributed by atoms with van der Waals surface area (Å²) in [6.45, 7) is 3.91. The molecular weight excluding hydrogens is 392 g/mol. The highest BCUT2D eigenvalue weighted by molar-refractivity contribution is 7.89. The number of nitrogens with zero attached hydrogens (tertiary/aromatic N) is 1. The quantitative estimate of drug-likeness (QED) is 0.712. The molecule has 1 aliphatic heterocycles. The Hall–Kier alpha value is -1.93. The van der Waals surface area contributed by atoms with Crippen molar-refractivity contribution in [2.24, 2.45) is 0 Å². The van der Waals surface area contributed by atoms with Crippen LogP contribution in [0.4, 0.5) is 0 Å². The first-order valence-electron chi connectivity index (χ1n) is 10.4. The van der Waals surface area contributed by atoms with Gasteiger partial charge in [0.1, 0.15) is 0 Å². The summed E-state index contributed by atoms with van der Waals surface area (Å²) in [6.07, 6.45) is 5.81. The van der Waals surface area contributed by atoms with Gasteiger partial charge < -0.3 is 10.1 Å². The maximum absolute atomic E-state index is 13.0. The highest BCUT2D eigenvalue weighted by Crippen LogP contribution is 2.26. The molecule has 7 nitrogen and oxygen atoms in total. The normalized spacial score (nSPS) is 22.2. The van der Waals surface area contributed by atoms with Gasteiger partial charge in [0, 0.05) is 18.6 Å². The van der Waals surface area contributed by atoms with Gasteiger partial charge in [-0.1, -0.05) is 25.3 Å². The molecule has 0 spiro atoms. The number of hydrogen-bond acceptors (Lipinski definition) is 5. The zero-order chi connectivity index (χ0) is 21.0. The Bertz CT molecular complexity index is 848. The first kappa shape index (κ1) is 21.8. The number of amides is 1. The minimum Gasteiger partial charge on any atom is -0.449 e. The number of carbonyl (C=O) groups excluding carboxylic acids is 2. The van der Waals surface area contributed by atoms with Gasteiger partial charge in [-0.15, -0.1) is 0 Å². The van der Waals surface area contributed by atoms with Crippen LogP contribution in [0.2, 0.25) is 0 Å². The summed E-state index contributed by atoms with van der Waals surface area (Å²) in [5, 5.41) is 2.90. The van der Waals surface area contributed by atoms with Crippen LogP contribution < -0.4 is 5.32 Å². The van der Waals surface area contributed by atoms with Crippen LogP contribution in [0.1, 0.15) is 69.2 Å². The largest absolute Gasteiger partial charge is 0.449 e. The van der Waals surface area contributed by atoms with E-state index in [0.717, 1.165) is 44.9 Å². The predicted octanol–water partition coefficient (Wildman–Crippen LogP) is 2.85. The molecule has 1 saturated carbocycles. The lowest BCUT2D eigenvalue weighted by atomic mass is 10.1. The zero-order valence-corrected chi connectivity index (χ0v) is 17.9. The SMILES string of the molecule is C[C@H](OC(=O)c1cccc(S(=O)(=O)N2CCCC[C@H]2C)c1)C(=O)NC1CCCC1. The molecule has 0 aromatic heterocycles. The average molecular weight is 423 g/mol. The van der Waals surface area contributed by atoms with Gasteiger partial charge >= 0.3 is 5.97 Å². The average Bonchev–Trinajstić information content (AvgIpc) is 3.21. The summed E-state index contributed by atoms with van der Waals surface area (Å²) in [5.74, 6) is -1.03. The fraction of sp³-hybridized carbons (Fsp3) is 0.619. The lowest BCUT2D eigenvalue weighted by molar-refractivity contribution is -0.129. The van der Waals surface area contributed by atoms with Gasteiger partial charge in [-0.2, -0.15) is 4.31 Å². The second kappa shape index (κ2) is 9.26. The van der Waals surface area contributed by atoms with Crippen molar-refractivity contribution in [2.45, 2.75) is 81.9 Å². The number of ether oxygens (including phenoxy) is 1. The summed E-state index contributed by atoms with van der Waals surface area (Å²) in [7, 11) is -3.68. The predicted molar refractivity (Wildman–Crippen MR) is 109 cm³/mol. The van der Waals surface area contributed by atoms with Crippen molar-refractivity contribution in [1.29, 1.82) is 0 Å². The first-order valence-corrected chi connectivity index (χ1v) is 11.9. The highest BCUT2D eigenvalue weighted by Gasteiger charge is 2.31. The van der Waals surface area contributed by atoms with Crippen LogP contribution in [0, 0.1) is 0 Å². The van der Waals surface area contributed by atoms with E-state index in [1.807, 2.05) is 6.92 Å². The molecule has 2 fully saturated rings. The standard InChI is InChI=1S/C21H30N2O5S/c1-15-8-5-6-13-23(15)29(26,27)19-12-7-9-17(14-19)21(25)28-16(2)20(24)22-18-10-3-4-11-18/h7,9,12,14-16,18H,3-6,8,10-11,13H2,1-2H3,(H,22,24)/t15-,16+/m1/s1. The Morgan fingerprint density at radius 3 is 2.52 bits per heavy atom. The van der Waals surface area contributed by atoms with Gasteiger partial charge in [-0.3, -0.25) is 4.79 Å². The number of hydrogen-bond donors (Lipinski definition) is 1. The molecule has 0 bridgehead atoms. The number of nitrogens with one attached hydrogen (secondary N) is 1. The summed E-state index contributed by atoms with van der Waals surface area (Å²) in [5.41, 5.74) is 0.122. The van der Waals surface area contributed by atoms with Crippen LogP contribution in [0.25, 0.3) is 0 Å². The lowest BCUT2D eigenvalue weighted by Crippen LogP contribution is -2.42. The molecule has 0 unspecified atom stereocenters. The van der Waals surface area contributed by atoms with Gasteiger partial charge in [0.05, 0.1) is 10.5 Å². The maximum Gasteiger partial charge on any atom is 0.338 e. The molecule has 29 heavy (non-hydrogen) atoms. The molecule has 8 heteroatoms. The van der Waals surface area contributed by atoms with Gasteiger partial charge in [-0.05, 0) is 57.7 Å². The summed E-state index contributed by atoms with van der Waals surface area (Å²) < 4.78 is 32.8. The van der Waals surface area contributed by atoms with Crippen molar-refractivity contribution in [2.75, 3.05) is 6.54 Å². The van der Waals surface area contributed by atoms with Crippen LogP contribution in [-0.4, -0.2) is 49.3 Å². The Kier molecular flexibility index (Phi) is 6.95. The number of rotatable bonds is 6. The van der Waals surface area contributed by atoms with Crippen LogP contribution in [0.15, 0.2) is 29.2 Å². The van der Waals surface area contributed by atoms with Crippen LogP contribution in [0.3, 0.4) is 0 Å². The molecule has 0 radical (unpaired) electrons. The van der Waals surface area contributed by atoms with Gasteiger partial charge in [-0.25, -0.2) is 13.2 Å². The molecule has 3 rings (SSSR count). The molecule has 1 aromatic rings. The van der Waals surface area contributed by atoms with Crippen molar-refractivity contribution in [3.8, 4) is 0 Å². The van der Waals surface area contributed by atoms with Crippen molar-refractivity contribution < 1.29 is 22.7 Å². The number of benzene rings is 1. The number of piperidine rings is 1. The molecule has 1 aromatic carbocycles. The molecule has 1 aliphatic carbocycles. The van der Waals surface area contributed by atoms with Crippen molar-refractivity contribution in [3.05, 3.63) is 29.8 Å². The van der Waals surface area contributed by atoms with E-state index in [1.165, 1.54) is 35.5 Å². The molecule has 2 atom stereocenters. The molecule has 1 N–H and O–H groups in total. The minimum absolute atomic E-state index is 0.0661. The second-order valence-corrected chi connectivity index (χ2v) is 9.92. The highest BCUT2D eigenvalue weighted by atomic mass is 32.2. The second-order valence-electron chi connectivity index (χ2n) is 8.03. The van der Waals surface area contributed by atoms with Gasteiger partial charge in [0.2, 0.25) is 10.0 Å². The number of carbonyl (C=O) groups is 2. The van der Waals surface area contributed by atoms with Crippen LogP contribution in [-0.2, 0) is 19.6 Å². The van der Waals surface area contributed by atoms with Crippen molar-refractivity contribution in [1.82, 2.24) is 9.62 Å². The molecule has 1 saturated heterocycles. The van der Waals surface area contributed by atoms with Crippen molar-refractivity contribution >= 4 is 21.9 Å². The number of esters is 1. The third kappa shape index (κ3) is 5.17. The summed E-state index contributed by atoms with van der Waals surface area (Å²) in [4.78, 5) is 24.8. The third-order valence-corrected chi connectivity index (χ3v) is 7.78. The Balaban J connectivity index is 1.68. The van der Waals surface area contributed by atoms with E-state index in [1.54, 1.807) is 0 Å². The van der Waals surface area contributed by atoms with Gasteiger partial charge in [0.25, 0.3) is 5.91 Å². The first-order chi connectivity index (χ1) is 13.8. The molecule has 160 valence electrons.